The molecule has 0 fully saturated rings. The first-order chi connectivity index (χ1) is 4.56. The van der Waals surface area contributed by atoms with E-state index in [4.69, 9.17) is 14.3 Å². The summed E-state index contributed by atoms with van der Waals surface area (Å²) in [4.78, 5) is 15.7. The summed E-state index contributed by atoms with van der Waals surface area (Å²) < 4.78 is 29.7. The quantitative estimate of drug-likeness (QED) is 0.221. The molecule has 0 aliphatic carbocycles. The fraction of sp³-hybridized carbons (Fsp3) is 0. The van der Waals surface area contributed by atoms with E-state index in [-0.39, 0.29) is 0 Å². The van der Waals surface area contributed by atoms with Gasteiger partial charge in [0.05, 0.1) is 0 Å². The van der Waals surface area contributed by atoms with Crippen molar-refractivity contribution in [2.75, 3.05) is 0 Å². The van der Waals surface area contributed by atoms with E-state index in [1.165, 1.54) is 0 Å². The molecule has 0 atom stereocenters. The fourth-order valence-corrected chi connectivity index (χ4v) is 0. The molecule has 3 N–H and O–H groups in total. The summed E-state index contributed by atoms with van der Waals surface area (Å²) >= 11 is 7.88. The van der Waals surface area contributed by atoms with Crippen LogP contribution in [0.1, 0.15) is 0 Å². The zero-order valence-electron chi connectivity index (χ0n) is 4.69. The number of thiol groups is 1. The molecule has 0 saturated heterocycles. The third-order valence-electron chi connectivity index (χ3n) is 0.0860. The van der Waals surface area contributed by atoms with Crippen molar-refractivity contribution in [1.29, 1.82) is 0 Å². The SMILES string of the molecule is O=S(=O)(O)[O][Mo].OP(O)(=S)S. The van der Waals surface area contributed by atoms with E-state index in [0.29, 0.717) is 0 Å². The average molecular weight is 323 g/mol. The normalized spacial score (nSPS) is 11.6. The molecule has 0 aromatic carbocycles. The minimum atomic E-state index is -4.16. The molecule has 0 aliphatic heterocycles. The van der Waals surface area contributed by atoms with E-state index in [1.54, 1.807) is 0 Å². The molecule has 6 nitrogen and oxygen atoms in total. The molecule has 0 radical (unpaired) electrons. The van der Waals surface area contributed by atoms with Crippen LogP contribution in [0.25, 0.3) is 0 Å². The Morgan fingerprint density at radius 1 is 1.55 bits per heavy atom. The largest absolute Gasteiger partial charge is 0.338 e. The zero-order valence-corrected chi connectivity index (χ0v) is 10.1. The number of rotatable bonds is 1. The third-order valence-corrected chi connectivity index (χ3v) is 1.53. The molecule has 0 aromatic rings. The summed E-state index contributed by atoms with van der Waals surface area (Å²) in [7, 11) is -4.16. The molecular formula is H4MoO6PS3. The predicted molar refractivity (Wildman–Crippen MR) is 40.3 cm³/mol. The van der Waals surface area contributed by atoms with Gasteiger partial charge in [-0.3, -0.25) is 0 Å². The summed E-state index contributed by atoms with van der Waals surface area (Å²) in [6.45, 7) is 0. The van der Waals surface area contributed by atoms with E-state index in [1.807, 2.05) is 0 Å². The minimum Gasteiger partial charge on any atom is -0.338 e. The van der Waals surface area contributed by atoms with Gasteiger partial charge in [0.2, 0.25) is 5.69 Å². The molecular weight excluding hydrogens is 319 g/mol. The molecule has 0 aromatic heterocycles. The average Bonchev–Trinajstić information content (AvgIpc) is 1.59. The van der Waals surface area contributed by atoms with Gasteiger partial charge in [-0.05, 0) is 11.8 Å². The minimum absolute atomic E-state index is 0.808. The van der Waals surface area contributed by atoms with Gasteiger partial charge in [0.15, 0.2) is 0 Å². The maximum atomic E-state index is 9.34. The molecule has 11 heteroatoms. The Hall–Kier alpha value is 1.48. The van der Waals surface area contributed by atoms with Crippen molar-refractivity contribution in [2.45, 2.75) is 0 Å². The second-order valence-corrected chi connectivity index (χ2v) is 8.04. The summed E-state index contributed by atoms with van der Waals surface area (Å²) in [6.07, 6.45) is 0. The maximum Gasteiger partial charge on any atom is 0.239 e. The van der Waals surface area contributed by atoms with E-state index in [9.17, 15) is 8.42 Å². The fourth-order valence-electron chi connectivity index (χ4n) is 0. The van der Waals surface area contributed by atoms with Crippen LogP contribution in [0.3, 0.4) is 0 Å². The third kappa shape index (κ3) is 51.4. The smallest absolute Gasteiger partial charge is 0.239 e. The van der Waals surface area contributed by atoms with Gasteiger partial charge in [0.1, 0.15) is 0 Å². The van der Waals surface area contributed by atoms with Crippen molar-refractivity contribution < 1.29 is 45.8 Å². The first-order valence-electron chi connectivity index (χ1n) is 1.63. The molecule has 0 aliphatic rings. The van der Waals surface area contributed by atoms with Gasteiger partial charge in [-0.25, -0.2) is 0 Å². The first-order valence-corrected chi connectivity index (χ1v) is 7.68. The maximum absolute atomic E-state index is 9.34. The molecule has 0 heterocycles. The van der Waals surface area contributed by atoms with E-state index >= 15 is 0 Å². The summed E-state index contributed by atoms with van der Waals surface area (Å²) in [5.74, 6) is 0. The van der Waals surface area contributed by atoms with Crippen molar-refractivity contribution in [3.63, 3.8) is 0 Å². The molecule has 0 bridgehead atoms. The van der Waals surface area contributed by atoms with Crippen LogP contribution >= 0.6 is 17.9 Å². The molecule has 0 amide bonds. The van der Waals surface area contributed by atoms with Crippen molar-refractivity contribution in [3.8, 4) is 0 Å². The monoisotopic (exact) mass is 325 g/mol. The molecule has 0 rings (SSSR count). The van der Waals surface area contributed by atoms with Crippen LogP contribution < -0.4 is 0 Å². The standard InChI is InChI=1S/Mo.H2O4S.H3O2PS2/c;1-5(2,3)4;1-3(2,4)5/h;(H2,1,2,3,4);(H3,1,2,4,5)/q+1;;/p-1. The van der Waals surface area contributed by atoms with Gasteiger partial charge >= 0.3 is 46.4 Å². The topological polar surface area (TPSA) is 104 Å². The van der Waals surface area contributed by atoms with Gasteiger partial charge < -0.3 is 9.79 Å². The Morgan fingerprint density at radius 3 is 1.64 bits per heavy atom. The van der Waals surface area contributed by atoms with Gasteiger partial charge in [-0.15, -0.1) is 0 Å². The molecule has 0 spiro atoms. The van der Waals surface area contributed by atoms with Crippen LogP contribution in [0.4, 0.5) is 0 Å². The van der Waals surface area contributed by atoms with E-state index < -0.39 is 16.1 Å². The number of hydrogen-bond acceptors (Lipinski definition) is 4. The summed E-state index contributed by atoms with van der Waals surface area (Å²) in [6, 6.07) is 0. The van der Waals surface area contributed by atoms with Crippen LogP contribution in [0.15, 0.2) is 0 Å². The van der Waals surface area contributed by atoms with Gasteiger partial charge in [-0.2, -0.15) is 0 Å². The zero-order chi connectivity index (χ0) is 9.71. The first kappa shape index (κ1) is 15.0. The molecule has 0 unspecified atom stereocenters. The summed E-state index contributed by atoms with van der Waals surface area (Å²) in [5.41, 5.74) is -3.11. The van der Waals surface area contributed by atoms with Crippen LogP contribution in [0.2, 0.25) is 0 Å². The van der Waals surface area contributed by atoms with Crippen LogP contribution in [0.5, 0.6) is 0 Å². The van der Waals surface area contributed by atoms with Crippen molar-refractivity contribution in [2.24, 2.45) is 0 Å². The molecule has 0 saturated carbocycles. The second-order valence-electron chi connectivity index (χ2n) is 1.01. The Labute approximate surface area is 85.6 Å². The predicted octanol–water partition coefficient (Wildman–Crippen LogP) is -0.607. The Balaban J connectivity index is 0. The van der Waals surface area contributed by atoms with Crippen molar-refractivity contribution in [1.82, 2.24) is 0 Å². The van der Waals surface area contributed by atoms with Crippen LogP contribution in [0, 0.1) is 0 Å². The number of hydrogen-bond donors (Lipinski definition) is 4. The summed E-state index contributed by atoms with van der Waals surface area (Å²) in [5, 5.41) is 0. The van der Waals surface area contributed by atoms with E-state index in [2.05, 4.69) is 26.9 Å². The molecule has 69 valence electrons. The van der Waals surface area contributed by atoms with Gasteiger partial charge in [0.25, 0.3) is 0 Å². The molecule has 11 heavy (non-hydrogen) atoms. The second kappa shape index (κ2) is 6.01. The van der Waals surface area contributed by atoms with Crippen molar-refractivity contribution >= 4 is 40.1 Å². The van der Waals surface area contributed by atoms with Crippen LogP contribution in [-0.4, -0.2) is 22.8 Å². The van der Waals surface area contributed by atoms with E-state index in [0.717, 1.165) is 20.2 Å². The van der Waals surface area contributed by atoms with Gasteiger partial charge in [0, 0.05) is 0 Å². The van der Waals surface area contributed by atoms with Gasteiger partial charge in [-0.1, -0.05) is 12.2 Å². The Bertz CT molecular complexity index is 216. The van der Waals surface area contributed by atoms with Crippen LogP contribution in [-0.2, 0) is 45.2 Å². The Morgan fingerprint density at radius 2 is 1.64 bits per heavy atom. The van der Waals surface area contributed by atoms with Crippen molar-refractivity contribution in [3.05, 3.63) is 0 Å². The Kier molecular flexibility index (Phi) is 8.18.